The van der Waals surface area contributed by atoms with Crippen molar-refractivity contribution < 1.29 is 23.8 Å². The number of unbranched alkanes of at least 4 members (excludes halogenated alkanes) is 2. The number of rotatable bonds is 11. The fourth-order valence-corrected chi connectivity index (χ4v) is 3.51. The maximum atomic E-state index is 13.3. The molecule has 1 aliphatic heterocycles. The number of ketones is 1. The van der Waals surface area contributed by atoms with Gasteiger partial charge in [-0.25, -0.2) is 0 Å². The number of carbonyl (C=O) groups excluding carboxylic acids is 2. The van der Waals surface area contributed by atoms with Crippen molar-refractivity contribution in [3.05, 3.63) is 52.8 Å². The summed E-state index contributed by atoms with van der Waals surface area (Å²) in [7, 11) is 0. The number of hydrogen-bond donors (Lipinski definition) is 0. The number of pyridine rings is 1. The van der Waals surface area contributed by atoms with E-state index in [1.165, 1.54) is 0 Å². The van der Waals surface area contributed by atoms with Crippen molar-refractivity contribution in [2.24, 2.45) is 0 Å². The average Bonchev–Trinajstić information content (AvgIpc) is 3.25. The third kappa shape index (κ3) is 5.84. The summed E-state index contributed by atoms with van der Waals surface area (Å²) in [6.07, 6.45) is 4.94. The number of benzene rings is 1. The Hall–Kier alpha value is -2.89. The molecule has 2 aromatic rings. The summed E-state index contributed by atoms with van der Waals surface area (Å²) >= 11 is 0. The zero-order chi connectivity index (χ0) is 22.2. The van der Waals surface area contributed by atoms with Gasteiger partial charge in [0, 0.05) is 22.7 Å². The van der Waals surface area contributed by atoms with Crippen molar-refractivity contribution in [1.82, 2.24) is 4.98 Å². The lowest BCUT2D eigenvalue weighted by molar-refractivity contribution is -0.144. The lowest BCUT2D eigenvalue weighted by atomic mass is 9.93. The summed E-state index contributed by atoms with van der Waals surface area (Å²) in [5.74, 6) is 0.557. The number of aryl methyl sites for hydroxylation is 1. The van der Waals surface area contributed by atoms with E-state index >= 15 is 0 Å². The number of ether oxygens (including phenoxy) is 3. The molecule has 31 heavy (non-hydrogen) atoms. The molecule has 0 spiro atoms. The van der Waals surface area contributed by atoms with Crippen LogP contribution in [-0.2, 0) is 16.0 Å². The first-order chi connectivity index (χ1) is 15.0. The Labute approximate surface area is 183 Å². The Morgan fingerprint density at radius 3 is 2.61 bits per heavy atom. The van der Waals surface area contributed by atoms with Crippen molar-refractivity contribution in [2.45, 2.75) is 65.2 Å². The van der Waals surface area contributed by atoms with E-state index in [2.05, 4.69) is 13.8 Å². The van der Waals surface area contributed by atoms with Crippen molar-refractivity contribution in [3.63, 3.8) is 0 Å². The number of carbonyl (C=O) groups is 2. The van der Waals surface area contributed by atoms with Gasteiger partial charge in [-0.15, -0.1) is 0 Å². The number of aromatic nitrogens is 1. The second kappa shape index (κ2) is 10.9. The monoisotopic (exact) mass is 425 g/mol. The van der Waals surface area contributed by atoms with Crippen LogP contribution in [0.1, 0.15) is 86.1 Å². The summed E-state index contributed by atoms with van der Waals surface area (Å²) < 4.78 is 16.1. The average molecular weight is 426 g/mol. The molecule has 3 rings (SSSR count). The second-order valence-corrected chi connectivity index (χ2v) is 7.92. The van der Waals surface area contributed by atoms with Gasteiger partial charge in [0.1, 0.15) is 0 Å². The Kier molecular flexibility index (Phi) is 8.04. The minimum absolute atomic E-state index is 0.144. The molecule has 1 aromatic carbocycles. The number of nitrogens with zero attached hydrogens (tertiary/aromatic N) is 1. The van der Waals surface area contributed by atoms with Crippen LogP contribution in [0.25, 0.3) is 0 Å². The van der Waals surface area contributed by atoms with Crippen LogP contribution in [0.4, 0.5) is 0 Å². The minimum atomic E-state index is -0.261. The molecular weight excluding hydrogens is 394 g/mol. The van der Waals surface area contributed by atoms with Gasteiger partial charge in [-0.05, 0) is 49.6 Å². The highest BCUT2D eigenvalue weighted by molar-refractivity contribution is 6.10. The SMILES string of the molecule is CCCCOC(=O)C[C@H](C)c1nc(CCCC)ccc1C(=O)c1ccc2c(c1)OCO2. The van der Waals surface area contributed by atoms with Crippen LogP contribution in [-0.4, -0.2) is 30.1 Å². The van der Waals surface area contributed by atoms with E-state index < -0.39 is 0 Å². The molecule has 0 amide bonds. The Morgan fingerprint density at radius 2 is 1.84 bits per heavy atom. The van der Waals surface area contributed by atoms with Crippen molar-refractivity contribution in [2.75, 3.05) is 13.4 Å². The van der Waals surface area contributed by atoms with Gasteiger partial charge in [-0.1, -0.05) is 33.6 Å². The highest BCUT2D eigenvalue weighted by Crippen LogP contribution is 2.34. The van der Waals surface area contributed by atoms with Gasteiger partial charge in [-0.2, -0.15) is 0 Å². The Morgan fingerprint density at radius 1 is 1.06 bits per heavy atom. The Bertz CT molecular complexity index is 924. The molecule has 6 nitrogen and oxygen atoms in total. The minimum Gasteiger partial charge on any atom is -0.466 e. The predicted octanol–water partition coefficient (Wildman–Crippen LogP) is 5.22. The van der Waals surface area contributed by atoms with E-state index in [9.17, 15) is 9.59 Å². The molecule has 0 radical (unpaired) electrons. The lowest BCUT2D eigenvalue weighted by Gasteiger charge is -2.16. The molecule has 1 aromatic heterocycles. The third-order valence-electron chi connectivity index (χ3n) is 5.35. The van der Waals surface area contributed by atoms with Crippen LogP contribution in [0, 0.1) is 0 Å². The first-order valence-corrected chi connectivity index (χ1v) is 11.1. The number of fused-ring (bicyclic) bond motifs is 1. The van der Waals surface area contributed by atoms with Crippen LogP contribution in [0.15, 0.2) is 30.3 Å². The third-order valence-corrected chi connectivity index (χ3v) is 5.35. The van der Waals surface area contributed by atoms with E-state index in [-0.39, 0.29) is 30.9 Å². The highest BCUT2D eigenvalue weighted by Gasteiger charge is 2.24. The largest absolute Gasteiger partial charge is 0.466 e. The molecule has 0 aliphatic carbocycles. The normalized spacial score (nSPS) is 13.1. The quantitative estimate of drug-likeness (QED) is 0.279. The first kappa shape index (κ1) is 22.8. The van der Waals surface area contributed by atoms with E-state index in [1.807, 2.05) is 19.1 Å². The predicted molar refractivity (Wildman–Crippen MR) is 118 cm³/mol. The van der Waals surface area contributed by atoms with Gasteiger partial charge in [0.2, 0.25) is 6.79 Å². The zero-order valence-electron chi connectivity index (χ0n) is 18.6. The van der Waals surface area contributed by atoms with E-state index in [4.69, 9.17) is 19.2 Å². The second-order valence-electron chi connectivity index (χ2n) is 7.92. The lowest BCUT2D eigenvalue weighted by Crippen LogP contribution is -2.15. The van der Waals surface area contributed by atoms with Crippen molar-refractivity contribution in [1.29, 1.82) is 0 Å². The van der Waals surface area contributed by atoms with Gasteiger partial charge in [0.05, 0.1) is 18.7 Å². The molecule has 2 heterocycles. The van der Waals surface area contributed by atoms with Crippen LogP contribution in [0.3, 0.4) is 0 Å². The fourth-order valence-electron chi connectivity index (χ4n) is 3.51. The molecule has 1 aliphatic rings. The van der Waals surface area contributed by atoms with E-state index in [0.29, 0.717) is 34.9 Å². The van der Waals surface area contributed by atoms with Crippen molar-refractivity contribution >= 4 is 11.8 Å². The molecule has 0 saturated heterocycles. The van der Waals surface area contributed by atoms with Gasteiger partial charge >= 0.3 is 5.97 Å². The van der Waals surface area contributed by atoms with Crippen molar-refractivity contribution in [3.8, 4) is 11.5 Å². The summed E-state index contributed by atoms with van der Waals surface area (Å²) in [6.45, 7) is 6.69. The highest BCUT2D eigenvalue weighted by atomic mass is 16.7. The molecule has 1 atom stereocenters. The molecule has 0 fully saturated rings. The number of esters is 1. The summed E-state index contributed by atoms with van der Waals surface area (Å²) in [4.78, 5) is 30.4. The van der Waals surface area contributed by atoms with Gasteiger partial charge < -0.3 is 14.2 Å². The smallest absolute Gasteiger partial charge is 0.306 e. The summed E-state index contributed by atoms with van der Waals surface area (Å²) in [5.41, 5.74) is 2.59. The molecule has 0 N–H and O–H groups in total. The zero-order valence-corrected chi connectivity index (χ0v) is 18.6. The van der Waals surface area contributed by atoms with Crippen LogP contribution < -0.4 is 9.47 Å². The maximum absolute atomic E-state index is 13.3. The molecular formula is C25H31NO5. The number of hydrogen-bond acceptors (Lipinski definition) is 6. The van der Waals surface area contributed by atoms with Crippen LogP contribution in [0.5, 0.6) is 11.5 Å². The summed E-state index contributed by atoms with van der Waals surface area (Å²) in [5, 5.41) is 0. The van der Waals surface area contributed by atoms with Gasteiger partial charge in [0.15, 0.2) is 17.3 Å². The standard InChI is InChI=1S/C25H31NO5/c1-4-6-8-19-10-11-20(24(26-19)17(3)14-23(27)29-13-7-5-2)25(28)18-9-12-21-22(15-18)31-16-30-21/h9-12,15,17H,4-8,13-14,16H2,1-3H3/t17-/m0/s1. The topological polar surface area (TPSA) is 74.7 Å². The fraction of sp³-hybridized carbons (Fsp3) is 0.480. The molecule has 6 heteroatoms. The van der Waals surface area contributed by atoms with E-state index in [0.717, 1.165) is 37.8 Å². The van der Waals surface area contributed by atoms with Gasteiger partial charge in [0.25, 0.3) is 0 Å². The molecule has 0 saturated carbocycles. The molecule has 0 bridgehead atoms. The summed E-state index contributed by atoms with van der Waals surface area (Å²) in [6, 6.07) is 8.91. The molecule has 0 unspecified atom stereocenters. The van der Waals surface area contributed by atoms with Gasteiger partial charge in [-0.3, -0.25) is 14.6 Å². The van der Waals surface area contributed by atoms with E-state index in [1.54, 1.807) is 18.2 Å². The maximum Gasteiger partial charge on any atom is 0.306 e. The van der Waals surface area contributed by atoms with Crippen LogP contribution >= 0.6 is 0 Å². The molecule has 166 valence electrons. The first-order valence-electron chi connectivity index (χ1n) is 11.1. The Balaban J connectivity index is 1.86. The van der Waals surface area contributed by atoms with Crippen LogP contribution in [0.2, 0.25) is 0 Å².